The van der Waals surface area contributed by atoms with E-state index in [-0.39, 0.29) is 23.6 Å². The summed E-state index contributed by atoms with van der Waals surface area (Å²) >= 11 is 3.83. The molecule has 0 aliphatic carbocycles. The normalized spacial score (nSPS) is 22.1. The van der Waals surface area contributed by atoms with Crippen molar-refractivity contribution in [3.05, 3.63) is 0 Å². The van der Waals surface area contributed by atoms with E-state index < -0.39 is 0 Å². The van der Waals surface area contributed by atoms with Gasteiger partial charge in [-0.1, -0.05) is 10.8 Å². The maximum absolute atomic E-state index is 11.0. The van der Waals surface area contributed by atoms with Crippen molar-refractivity contribution in [2.24, 2.45) is 0 Å². The molecule has 6 heteroatoms. The van der Waals surface area contributed by atoms with Gasteiger partial charge in [0.2, 0.25) is 11.8 Å². The van der Waals surface area contributed by atoms with E-state index in [1.165, 1.54) is 0 Å². The van der Waals surface area contributed by atoms with Crippen LogP contribution in [0.3, 0.4) is 0 Å². The highest BCUT2D eigenvalue weighted by Crippen LogP contribution is 2.04. The van der Waals surface area contributed by atoms with Gasteiger partial charge in [-0.15, -0.1) is 11.7 Å². The Morgan fingerprint density at radius 2 is 2.58 bits per heavy atom. The lowest BCUT2D eigenvalue weighted by Crippen LogP contribution is -2.40. The first kappa shape index (κ1) is 9.73. The van der Waals surface area contributed by atoms with Gasteiger partial charge in [-0.2, -0.15) is 0 Å². The molecule has 1 aliphatic rings. The second-order valence-electron chi connectivity index (χ2n) is 2.47. The molecule has 0 aromatic carbocycles. The van der Waals surface area contributed by atoms with Crippen molar-refractivity contribution in [3.8, 4) is 0 Å². The Kier molecular flexibility index (Phi) is 3.74. The highest BCUT2D eigenvalue weighted by Gasteiger charge is 2.24. The molecule has 1 aliphatic heterocycles. The summed E-state index contributed by atoms with van der Waals surface area (Å²) in [6.45, 7) is 0.651. The van der Waals surface area contributed by atoms with Gasteiger partial charge in [0.15, 0.2) is 0 Å². The number of hydrogen-bond donors (Lipinski definition) is 3. The van der Waals surface area contributed by atoms with Gasteiger partial charge in [0.1, 0.15) is 6.04 Å². The summed E-state index contributed by atoms with van der Waals surface area (Å²) in [7, 11) is 1.15. The molecule has 1 saturated heterocycles. The van der Waals surface area contributed by atoms with Gasteiger partial charge in [0, 0.05) is 6.54 Å². The van der Waals surface area contributed by atoms with E-state index in [2.05, 4.69) is 22.3 Å². The molecule has 12 heavy (non-hydrogen) atoms. The molecule has 1 rings (SSSR count). The maximum Gasteiger partial charge on any atom is 0.242 e. The van der Waals surface area contributed by atoms with Crippen molar-refractivity contribution < 1.29 is 9.59 Å². The smallest absolute Gasteiger partial charge is 0.242 e. The van der Waals surface area contributed by atoms with Crippen LogP contribution in [0.2, 0.25) is 0 Å². The Morgan fingerprint density at radius 1 is 1.83 bits per heavy atom. The van der Waals surface area contributed by atoms with Gasteiger partial charge in [-0.05, 0) is 6.42 Å². The van der Waals surface area contributed by atoms with Crippen LogP contribution in [-0.4, -0.2) is 30.2 Å². The van der Waals surface area contributed by atoms with Crippen LogP contribution in [0.4, 0.5) is 0 Å². The lowest BCUT2D eigenvalue weighted by Gasteiger charge is -2.07. The Hall–Kier alpha value is -0.360. The quantitative estimate of drug-likeness (QED) is 0.434. The van der Waals surface area contributed by atoms with E-state index in [1.54, 1.807) is 0 Å². The van der Waals surface area contributed by atoms with E-state index in [9.17, 15) is 9.59 Å². The summed E-state index contributed by atoms with van der Waals surface area (Å²) in [6, 6.07) is -0.335. The number of amides is 2. The molecule has 68 valence electrons. The fraction of sp³-hybridized carbons (Fsp3) is 0.667. The molecule has 4 nitrogen and oxygen atoms in total. The molecular formula is C6H10N2O2S2. The molecule has 0 aromatic heterocycles. The number of hydrogen-bond acceptors (Lipinski definition) is 4. The topological polar surface area (TPSA) is 58.2 Å². The third kappa shape index (κ3) is 2.60. The van der Waals surface area contributed by atoms with Gasteiger partial charge in [0.05, 0.1) is 5.75 Å². The Morgan fingerprint density at radius 3 is 3.08 bits per heavy atom. The van der Waals surface area contributed by atoms with Gasteiger partial charge in [-0.3, -0.25) is 9.59 Å². The molecule has 0 aromatic rings. The van der Waals surface area contributed by atoms with E-state index in [4.69, 9.17) is 0 Å². The van der Waals surface area contributed by atoms with E-state index >= 15 is 0 Å². The van der Waals surface area contributed by atoms with Gasteiger partial charge in [0.25, 0.3) is 0 Å². The highest BCUT2D eigenvalue weighted by molar-refractivity contribution is 8.68. The fourth-order valence-corrected chi connectivity index (χ4v) is 1.58. The van der Waals surface area contributed by atoms with Crippen LogP contribution in [0.5, 0.6) is 0 Å². The van der Waals surface area contributed by atoms with Crippen molar-refractivity contribution in [1.82, 2.24) is 10.6 Å². The SMILES string of the molecule is O=C(CSS)N[C@@H]1CCNC1=O. The van der Waals surface area contributed by atoms with Crippen LogP contribution in [0.15, 0.2) is 0 Å². The molecule has 2 amide bonds. The van der Waals surface area contributed by atoms with Crippen molar-refractivity contribution in [1.29, 1.82) is 0 Å². The van der Waals surface area contributed by atoms with Crippen LogP contribution >= 0.6 is 22.5 Å². The summed E-state index contributed by atoms with van der Waals surface area (Å²) in [6.07, 6.45) is 0.682. The standard InChI is InChI=1S/C6H10N2O2S2/c9-5(3-12-11)8-4-1-2-7-6(4)10/h4,11H,1-3H2,(H,7,10)(H,8,9)/t4-/m1/s1. The monoisotopic (exact) mass is 206 g/mol. The molecule has 0 spiro atoms. The maximum atomic E-state index is 11.0. The molecule has 1 atom stereocenters. The van der Waals surface area contributed by atoms with Crippen LogP contribution in [0, 0.1) is 0 Å². The zero-order valence-electron chi connectivity index (χ0n) is 6.37. The zero-order chi connectivity index (χ0) is 8.97. The minimum absolute atomic E-state index is 0.0903. The van der Waals surface area contributed by atoms with Crippen molar-refractivity contribution in [3.63, 3.8) is 0 Å². The third-order valence-corrected chi connectivity index (χ3v) is 2.36. The molecule has 0 unspecified atom stereocenters. The van der Waals surface area contributed by atoms with E-state index in [1.807, 2.05) is 0 Å². The summed E-state index contributed by atoms with van der Waals surface area (Å²) < 4.78 is 0. The average molecular weight is 206 g/mol. The first-order valence-electron chi connectivity index (χ1n) is 3.57. The molecule has 0 radical (unpaired) electrons. The van der Waals surface area contributed by atoms with Gasteiger partial charge < -0.3 is 10.6 Å². The van der Waals surface area contributed by atoms with Crippen LogP contribution in [0.1, 0.15) is 6.42 Å². The zero-order valence-corrected chi connectivity index (χ0v) is 8.08. The van der Waals surface area contributed by atoms with E-state index in [0.29, 0.717) is 13.0 Å². The molecule has 1 heterocycles. The number of thiol groups is 1. The lowest BCUT2D eigenvalue weighted by atomic mass is 10.2. The van der Waals surface area contributed by atoms with E-state index in [0.717, 1.165) is 10.8 Å². The largest absolute Gasteiger partial charge is 0.354 e. The third-order valence-electron chi connectivity index (χ3n) is 1.58. The molecule has 0 bridgehead atoms. The summed E-state index contributed by atoms with van der Waals surface area (Å²) in [5.41, 5.74) is 0. The first-order chi connectivity index (χ1) is 5.74. The lowest BCUT2D eigenvalue weighted by molar-refractivity contribution is -0.126. The number of carbonyl (C=O) groups is 2. The molecule has 0 saturated carbocycles. The Labute approximate surface area is 79.7 Å². The second kappa shape index (κ2) is 4.61. The number of nitrogens with one attached hydrogen (secondary N) is 2. The summed E-state index contributed by atoms with van der Waals surface area (Å²) in [5, 5.41) is 5.25. The van der Waals surface area contributed by atoms with Gasteiger partial charge >= 0.3 is 0 Å². The van der Waals surface area contributed by atoms with Crippen molar-refractivity contribution >= 4 is 34.3 Å². The predicted octanol–water partition coefficient (Wildman–Crippen LogP) is -0.431. The van der Waals surface area contributed by atoms with Crippen LogP contribution < -0.4 is 10.6 Å². The van der Waals surface area contributed by atoms with Crippen molar-refractivity contribution in [2.45, 2.75) is 12.5 Å². The highest BCUT2D eigenvalue weighted by atomic mass is 33.1. The van der Waals surface area contributed by atoms with Crippen LogP contribution in [-0.2, 0) is 9.59 Å². The summed E-state index contributed by atoms with van der Waals surface area (Å²) in [5.74, 6) is 0.0527. The average Bonchev–Trinajstić information content (AvgIpc) is 2.37. The minimum Gasteiger partial charge on any atom is -0.354 e. The first-order valence-corrected chi connectivity index (χ1v) is 5.61. The van der Waals surface area contributed by atoms with Crippen molar-refractivity contribution in [2.75, 3.05) is 12.3 Å². The molecule has 2 N–H and O–H groups in total. The molecule has 1 fully saturated rings. The fourth-order valence-electron chi connectivity index (χ4n) is 1.03. The number of rotatable bonds is 3. The second-order valence-corrected chi connectivity index (χ2v) is 3.79. The predicted molar refractivity (Wildman–Crippen MR) is 51.0 cm³/mol. The summed E-state index contributed by atoms with van der Waals surface area (Å²) in [4.78, 5) is 21.9. The number of carbonyl (C=O) groups excluding carboxylic acids is 2. The minimum atomic E-state index is -0.335. The Bertz CT molecular complexity index is 198. The van der Waals surface area contributed by atoms with Gasteiger partial charge in [-0.25, -0.2) is 0 Å². The van der Waals surface area contributed by atoms with Crippen LogP contribution in [0.25, 0.3) is 0 Å². The molecular weight excluding hydrogens is 196 g/mol. The Balaban J connectivity index is 2.30.